The lowest BCUT2D eigenvalue weighted by molar-refractivity contribution is 0.852. The standard InChI is InChI=1S/C9H10/c1-2-6-9-7-4-3-5-8-9/h3-5,7,9H,8H2,1H3. The van der Waals surface area contributed by atoms with Crippen LogP contribution in [0.1, 0.15) is 13.3 Å². The van der Waals surface area contributed by atoms with Crippen LogP contribution in [0.25, 0.3) is 0 Å². The van der Waals surface area contributed by atoms with E-state index in [2.05, 4.69) is 36.1 Å². The Morgan fingerprint density at radius 2 is 2.33 bits per heavy atom. The van der Waals surface area contributed by atoms with Crippen molar-refractivity contribution in [2.24, 2.45) is 5.92 Å². The highest BCUT2D eigenvalue weighted by Crippen LogP contribution is 2.08. The van der Waals surface area contributed by atoms with Crippen LogP contribution in [0.2, 0.25) is 0 Å². The van der Waals surface area contributed by atoms with E-state index in [4.69, 9.17) is 0 Å². The molecule has 0 saturated carbocycles. The number of rotatable bonds is 0. The van der Waals surface area contributed by atoms with Crippen LogP contribution >= 0.6 is 0 Å². The lowest BCUT2D eigenvalue weighted by atomic mass is 10.0. The highest BCUT2D eigenvalue weighted by molar-refractivity contribution is 5.19. The van der Waals surface area contributed by atoms with E-state index in [0.717, 1.165) is 6.42 Å². The maximum absolute atomic E-state index is 3.10. The van der Waals surface area contributed by atoms with Gasteiger partial charge in [-0.15, -0.1) is 5.92 Å². The molecular weight excluding hydrogens is 108 g/mol. The van der Waals surface area contributed by atoms with E-state index >= 15 is 0 Å². The van der Waals surface area contributed by atoms with Crippen molar-refractivity contribution in [2.75, 3.05) is 0 Å². The second kappa shape index (κ2) is 3.14. The topological polar surface area (TPSA) is 0 Å². The number of hydrogen-bond donors (Lipinski definition) is 0. The van der Waals surface area contributed by atoms with E-state index in [9.17, 15) is 0 Å². The monoisotopic (exact) mass is 118 g/mol. The predicted octanol–water partition coefficient (Wildman–Crippen LogP) is 2.14. The fourth-order valence-electron chi connectivity index (χ4n) is 0.873. The molecule has 46 valence electrons. The van der Waals surface area contributed by atoms with Crippen molar-refractivity contribution in [2.45, 2.75) is 13.3 Å². The van der Waals surface area contributed by atoms with Gasteiger partial charge < -0.3 is 0 Å². The first-order chi connectivity index (χ1) is 4.43. The Morgan fingerprint density at radius 1 is 1.44 bits per heavy atom. The average molecular weight is 118 g/mol. The van der Waals surface area contributed by atoms with Crippen LogP contribution in [0.3, 0.4) is 0 Å². The van der Waals surface area contributed by atoms with Gasteiger partial charge in [0.15, 0.2) is 0 Å². The molecule has 0 aromatic rings. The minimum Gasteiger partial charge on any atom is -0.106 e. The maximum Gasteiger partial charge on any atom is 0.0420 e. The fraction of sp³-hybridized carbons (Fsp3) is 0.333. The van der Waals surface area contributed by atoms with E-state index in [1.165, 1.54) is 0 Å². The molecule has 1 rings (SSSR count). The molecule has 0 nitrogen and oxygen atoms in total. The second-order valence-electron chi connectivity index (χ2n) is 2.05. The molecule has 0 bridgehead atoms. The molecule has 0 fully saturated rings. The van der Waals surface area contributed by atoms with Crippen LogP contribution in [0.15, 0.2) is 24.3 Å². The van der Waals surface area contributed by atoms with Gasteiger partial charge in [0.1, 0.15) is 0 Å². The van der Waals surface area contributed by atoms with Gasteiger partial charge in [0, 0.05) is 5.92 Å². The van der Waals surface area contributed by atoms with Gasteiger partial charge >= 0.3 is 0 Å². The van der Waals surface area contributed by atoms with E-state index in [-0.39, 0.29) is 0 Å². The maximum atomic E-state index is 3.10. The van der Waals surface area contributed by atoms with Gasteiger partial charge in [-0.1, -0.05) is 30.2 Å². The fourth-order valence-corrected chi connectivity index (χ4v) is 0.873. The second-order valence-corrected chi connectivity index (χ2v) is 2.05. The van der Waals surface area contributed by atoms with Crippen LogP contribution in [0, 0.1) is 17.8 Å². The molecule has 0 radical (unpaired) electrons. The SMILES string of the molecule is CC#CC1C=CC=CC1. The number of allylic oxidation sites excluding steroid dienone is 4. The molecule has 1 aliphatic rings. The molecule has 0 saturated heterocycles. The summed E-state index contributed by atoms with van der Waals surface area (Å²) in [5.41, 5.74) is 0. The third-order valence-corrected chi connectivity index (χ3v) is 1.31. The lowest BCUT2D eigenvalue weighted by Crippen LogP contribution is -1.91. The normalized spacial score (nSPS) is 23.0. The van der Waals surface area contributed by atoms with E-state index in [1.807, 2.05) is 6.92 Å². The van der Waals surface area contributed by atoms with Gasteiger partial charge in [-0.25, -0.2) is 0 Å². The third kappa shape index (κ3) is 1.77. The van der Waals surface area contributed by atoms with E-state index in [0.29, 0.717) is 5.92 Å². The number of hydrogen-bond acceptors (Lipinski definition) is 0. The summed E-state index contributed by atoms with van der Waals surface area (Å²) in [5.74, 6) is 6.47. The molecule has 0 N–H and O–H groups in total. The summed E-state index contributed by atoms with van der Waals surface area (Å²) < 4.78 is 0. The molecule has 0 aromatic carbocycles. The lowest BCUT2D eigenvalue weighted by Gasteiger charge is -2.02. The average Bonchev–Trinajstić information content (AvgIpc) is 1.91. The van der Waals surface area contributed by atoms with Crippen molar-refractivity contribution in [1.82, 2.24) is 0 Å². The van der Waals surface area contributed by atoms with Crippen LogP contribution in [-0.4, -0.2) is 0 Å². The van der Waals surface area contributed by atoms with Crippen molar-refractivity contribution >= 4 is 0 Å². The molecule has 0 aliphatic heterocycles. The predicted molar refractivity (Wildman–Crippen MR) is 39.8 cm³/mol. The van der Waals surface area contributed by atoms with Gasteiger partial charge in [-0.3, -0.25) is 0 Å². The van der Waals surface area contributed by atoms with Crippen molar-refractivity contribution in [3.05, 3.63) is 24.3 Å². The Morgan fingerprint density at radius 3 is 2.89 bits per heavy atom. The molecule has 1 atom stereocenters. The highest BCUT2D eigenvalue weighted by atomic mass is 14.0. The first-order valence-electron chi connectivity index (χ1n) is 3.19. The summed E-state index contributed by atoms with van der Waals surface area (Å²) in [7, 11) is 0. The summed E-state index contributed by atoms with van der Waals surface area (Å²) in [6, 6.07) is 0. The zero-order valence-electron chi connectivity index (χ0n) is 5.59. The summed E-state index contributed by atoms with van der Waals surface area (Å²) in [6.45, 7) is 1.88. The van der Waals surface area contributed by atoms with Crippen molar-refractivity contribution < 1.29 is 0 Å². The smallest absolute Gasteiger partial charge is 0.0420 e. The van der Waals surface area contributed by atoms with E-state index < -0.39 is 0 Å². The Hall–Kier alpha value is -0.960. The van der Waals surface area contributed by atoms with Gasteiger partial charge in [0.25, 0.3) is 0 Å². The molecule has 1 aliphatic carbocycles. The van der Waals surface area contributed by atoms with Crippen molar-refractivity contribution in [3.63, 3.8) is 0 Å². The van der Waals surface area contributed by atoms with Gasteiger partial charge in [0.2, 0.25) is 0 Å². The van der Waals surface area contributed by atoms with Gasteiger partial charge in [-0.05, 0) is 13.3 Å². The summed E-state index contributed by atoms with van der Waals surface area (Å²) in [5, 5.41) is 0. The minimum atomic E-state index is 0.472. The van der Waals surface area contributed by atoms with Crippen molar-refractivity contribution in [3.8, 4) is 11.8 Å². The molecule has 0 amide bonds. The largest absolute Gasteiger partial charge is 0.106 e. The molecule has 0 heterocycles. The zero-order valence-corrected chi connectivity index (χ0v) is 5.59. The summed E-state index contributed by atoms with van der Waals surface area (Å²) in [6.07, 6.45) is 9.48. The highest BCUT2D eigenvalue weighted by Gasteiger charge is 1.97. The summed E-state index contributed by atoms with van der Waals surface area (Å²) in [4.78, 5) is 0. The summed E-state index contributed by atoms with van der Waals surface area (Å²) >= 11 is 0. The van der Waals surface area contributed by atoms with Crippen molar-refractivity contribution in [1.29, 1.82) is 0 Å². The third-order valence-electron chi connectivity index (χ3n) is 1.31. The Balaban J connectivity index is 2.52. The molecular formula is C9H10. The van der Waals surface area contributed by atoms with Crippen LogP contribution in [-0.2, 0) is 0 Å². The molecule has 9 heavy (non-hydrogen) atoms. The molecule has 0 spiro atoms. The molecule has 1 unspecified atom stereocenters. The first-order valence-corrected chi connectivity index (χ1v) is 3.19. The van der Waals surface area contributed by atoms with Crippen LogP contribution < -0.4 is 0 Å². The molecule has 0 heteroatoms. The van der Waals surface area contributed by atoms with Crippen LogP contribution in [0.5, 0.6) is 0 Å². The first kappa shape index (κ1) is 6.16. The van der Waals surface area contributed by atoms with Gasteiger partial charge in [-0.2, -0.15) is 0 Å². The minimum absolute atomic E-state index is 0.472. The zero-order chi connectivity index (χ0) is 6.53. The van der Waals surface area contributed by atoms with E-state index in [1.54, 1.807) is 0 Å². The quantitative estimate of drug-likeness (QED) is 0.427. The van der Waals surface area contributed by atoms with Gasteiger partial charge in [0.05, 0.1) is 0 Å². The Bertz CT molecular complexity index is 186. The Kier molecular flexibility index (Phi) is 2.15. The molecule has 0 aromatic heterocycles. The Labute approximate surface area is 56.3 Å². The van der Waals surface area contributed by atoms with Crippen LogP contribution in [0.4, 0.5) is 0 Å².